The molecule has 0 aliphatic heterocycles. The van der Waals surface area contributed by atoms with Crippen LogP contribution in [0.3, 0.4) is 0 Å². The van der Waals surface area contributed by atoms with Crippen molar-refractivity contribution >= 4 is 12.0 Å². The molecule has 1 aliphatic rings. The van der Waals surface area contributed by atoms with E-state index in [-0.39, 0.29) is 12.6 Å². The molecule has 1 fully saturated rings. The van der Waals surface area contributed by atoms with Crippen molar-refractivity contribution in [2.45, 2.75) is 31.8 Å². The summed E-state index contributed by atoms with van der Waals surface area (Å²) >= 11 is 0. The van der Waals surface area contributed by atoms with E-state index in [0.29, 0.717) is 6.54 Å². The molecule has 0 aromatic carbocycles. The van der Waals surface area contributed by atoms with Crippen molar-refractivity contribution in [1.29, 1.82) is 0 Å². The van der Waals surface area contributed by atoms with E-state index in [9.17, 15) is 9.59 Å². The van der Waals surface area contributed by atoms with Crippen molar-refractivity contribution < 1.29 is 19.4 Å². The van der Waals surface area contributed by atoms with Crippen LogP contribution >= 0.6 is 0 Å². The van der Waals surface area contributed by atoms with E-state index in [1.165, 1.54) is 26.4 Å². The predicted molar refractivity (Wildman–Crippen MR) is 61.8 cm³/mol. The van der Waals surface area contributed by atoms with E-state index in [2.05, 4.69) is 15.4 Å². The number of methoxy groups -OCH3 is 1. The van der Waals surface area contributed by atoms with E-state index in [1.54, 1.807) is 0 Å². The Morgan fingerprint density at radius 3 is 2.59 bits per heavy atom. The Bertz CT molecular complexity index is 266. The van der Waals surface area contributed by atoms with Gasteiger partial charge in [-0.15, -0.1) is 0 Å². The van der Waals surface area contributed by atoms with Gasteiger partial charge in [0, 0.05) is 13.7 Å². The first-order valence-corrected chi connectivity index (χ1v) is 5.90. The molecule has 0 radical (unpaired) electrons. The zero-order valence-corrected chi connectivity index (χ0v) is 10.1. The molecule has 0 aromatic heterocycles. The molecule has 6 nitrogen and oxygen atoms in total. The summed E-state index contributed by atoms with van der Waals surface area (Å²) in [4.78, 5) is 21.9. The molecule has 1 atom stereocenters. The molecular weight excluding hydrogens is 224 g/mol. The third-order valence-electron chi connectivity index (χ3n) is 3.07. The molecule has 0 saturated heterocycles. The van der Waals surface area contributed by atoms with E-state index >= 15 is 0 Å². The number of rotatable bonds is 7. The van der Waals surface area contributed by atoms with Gasteiger partial charge in [-0.3, -0.25) is 0 Å². The average molecular weight is 244 g/mol. The standard InChI is InChI=1S/C11H20N2O4/c1-17-9(10(14)15)7-13-11(16)12-6-5-8-3-2-4-8/h8-9H,2-7H2,1H3,(H,14,15)(H2,12,13,16). The number of aliphatic carboxylic acids is 1. The van der Waals surface area contributed by atoms with Gasteiger partial charge in [0.2, 0.25) is 0 Å². The molecule has 0 heterocycles. The second-order valence-electron chi connectivity index (χ2n) is 4.28. The summed E-state index contributed by atoms with van der Waals surface area (Å²) in [7, 11) is 1.30. The minimum atomic E-state index is -1.08. The highest BCUT2D eigenvalue weighted by molar-refractivity contribution is 5.76. The maximum Gasteiger partial charge on any atom is 0.334 e. The molecule has 2 amide bonds. The fourth-order valence-electron chi connectivity index (χ4n) is 1.69. The first-order valence-electron chi connectivity index (χ1n) is 5.90. The van der Waals surface area contributed by atoms with Crippen molar-refractivity contribution in [2.75, 3.05) is 20.2 Å². The second kappa shape index (κ2) is 7.11. The van der Waals surface area contributed by atoms with Gasteiger partial charge in [0.25, 0.3) is 0 Å². The highest BCUT2D eigenvalue weighted by Gasteiger charge is 2.18. The molecule has 0 spiro atoms. The van der Waals surface area contributed by atoms with Crippen molar-refractivity contribution in [1.82, 2.24) is 10.6 Å². The number of carboxylic acids is 1. The van der Waals surface area contributed by atoms with Gasteiger partial charge in [-0.25, -0.2) is 9.59 Å². The van der Waals surface area contributed by atoms with Crippen LogP contribution in [0.5, 0.6) is 0 Å². The topological polar surface area (TPSA) is 87.7 Å². The second-order valence-corrected chi connectivity index (χ2v) is 4.28. The predicted octanol–water partition coefficient (Wildman–Crippen LogP) is 0.575. The average Bonchev–Trinajstić information content (AvgIpc) is 2.22. The molecule has 98 valence electrons. The highest BCUT2D eigenvalue weighted by atomic mass is 16.5. The lowest BCUT2D eigenvalue weighted by molar-refractivity contribution is -0.147. The van der Waals surface area contributed by atoms with Crippen LogP contribution in [0, 0.1) is 5.92 Å². The van der Waals surface area contributed by atoms with Gasteiger partial charge in [-0.1, -0.05) is 19.3 Å². The number of urea groups is 1. The largest absolute Gasteiger partial charge is 0.479 e. The fourth-order valence-corrected chi connectivity index (χ4v) is 1.69. The number of ether oxygens (including phenoxy) is 1. The van der Waals surface area contributed by atoms with Gasteiger partial charge in [0.15, 0.2) is 6.10 Å². The Morgan fingerprint density at radius 2 is 2.12 bits per heavy atom. The lowest BCUT2D eigenvalue weighted by Crippen LogP contribution is -2.43. The van der Waals surface area contributed by atoms with E-state index in [4.69, 9.17) is 5.11 Å². The van der Waals surface area contributed by atoms with Crippen LogP contribution in [-0.4, -0.2) is 43.4 Å². The van der Waals surface area contributed by atoms with Gasteiger partial charge in [0.05, 0.1) is 6.54 Å². The number of amides is 2. The Kier molecular flexibility index (Phi) is 5.76. The number of carbonyl (C=O) groups is 2. The molecule has 6 heteroatoms. The first kappa shape index (κ1) is 13.8. The molecular formula is C11H20N2O4. The van der Waals surface area contributed by atoms with E-state index in [0.717, 1.165) is 12.3 Å². The summed E-state index contributed by atoms with van der Waals surface area (Å²) in [5.74, 6) is -0.330. The van der Waals surface area contributed by atoms with Crippen LogP contribution in [-0.2, 0) is 9.53 Å². The Morgan fingerprint density at radius 1 is 1.41 bits per heavy atom. The molecule has 17 heavy (non-hydrogen) atoms. The van der Waals surface area contributed by atoms with Crippen LogP contribution < -0.4 is 10.6 Å². The smallest absolute Gasteiger partial charge is 0.334 e. The third kappa shape index (κ3) is 5.04. The Hall–Kier alpha value is -1.30. The number of carbonyl (C=O) groups excluding carboxylic acids is 1. The highest BCUT2D eigenvalue weighted by Crippen LogP contribution is 2.28. The van der Waals surface area contributed by atoms with Gasteiger partial charge >= 0.3 is 12.0 Å². The minimum absolute atomic E-state index is 0.0267. The van der Waals surface area contributed by atoms with Crippen LogP contribution in [0.1, 0.15) is 25.7 Å². The van der Waals surface area contributed by atoms with E-state index in [1.807, 2.05) is 0 Å². The molecule has 1 aliphatic carbocycles. The summed E-state index contributed by atoms with van der Waals surface area (Å²) in [6, 6.07) is -0.340. The quantitative estimate of drug-likeness (QED) is 0.611. The maximum absolute atomic E-state index is 11.3. The van der Waals surface area contributed by atoms with Gasteiger partial charge in [0.1, 0.15) is 0 Å². The van der Waals surface area contributed by atoms with Crippen molar-refractivity contribution in [3.05, 3.63) is 0 Å². The van der Waals surface area contributed by atoms with Crippen LogP contribution in [0.4, 0.5) is 4.79 Å². The van der Waals surface area contributed by atoms with Crippen molar-refractivity contribution in [2.24, 2.45) is 5.92 Å². The summed E-state index contributed by atoms with van der Waals surface area (Å²) in [6.07, 6.45) is 3.82. The minimum Gasteiger partial charge on any atom is -0.479 e. The number of nitrogens with one attached hydrogen (secondary N) is 2. The van der Waals surface area contributed by atoms with Crippen LogP contribution in [0.25, 0.3) is 0 Å². The van der Waals surface area contributed by atoms with Gasteiger partial charge < -0.3 is 20.5 Å². The lowest BCUT2D eigenvalue weighted by Gasteiger charge is -2.25. The summed E-state index contributed by atoms with van der Waals surface area (Å²) in [6.45, 7) is 0.613. The number of hydrogen-bond donors (Lipinski definition) is 3. The van der Waals surface area contributed by atoms with Crippen molar-refractivity contribution in [3.8, 4) is 0 Å². The SMILES string of the molecule is COC(CNC(=O)NCCC1CCC1)C(=O)O. The molecule has 0 bridgehead atoms. The number of carboxylic acid groups (broad SMARTS) is 1. The van der Waals surface area contributed by atoms with Gasteiger partial charge in [-0.2, -0.15) is 0 Å². The maximum atomic E-state index is 11.3. The lowest BCUT2D eigenvalue weighted by atomic mass is 9.83. The zero-order chi connectivity index (χ0) is 12.7. The monoisotopic (exact) mass is 244 g/mol. The summed E-state index contributed by atoms with van der Waals surface area (Å²) < 4.78 is 4.69. The van der Waals surface area contributed by atoms with Crippen LogP contribution in [0.2, 0.25) is 0 Å². The summed E-state index contributed by atoms with van der Waals surface area (Å²) in [5.41, 5.74) is 0. The Labute approximate surface area is 101 Å². The van der Waals surface area contributed by atoms with Gasteiger partial charge in [-0.05, 0) is 12.3 Å². The molecule has 3 N–H and O–H groups in total. The van der Waals surface area contributed by atoms with Crippen molar-refractivity contribution in [3.63, 3.8) is 0 Å². The molecule has 1 saturated carbocycles. The zero-order valence-electron chi connectivity index (χ0n) is 10.1. The molecule has 1 rings (SSSR count). The summed E-state index contributed by atoms with van der Waals surface area (Å²) in [5, 5.41) is 13.8. The first-order chi connectivity index (χ1) is 8.13. The molecule has 0 aromatic rings. The molecule has 1 unspecified atom stereocenters. The fraction of sp³-hybridized carbons (Fsp3) is 0.818. The normalized spacial score (nSPS) is 17.0. The third-order valence-corrected chi connectivity index (χ3v) is 3.07. The van der Waals surface area contributed by atoms with E-state index < -0.39 is 12.1 Å². The number of hydrogen-bond acceptors (Lipinski definition) is 3. The Balaban J connectivity index is 2.05. The van der Waals surface area contributed by atoms with Crippen LogP contribution in [0.15, 0.2) is 0 Å².